The smallest absolute Gasteiger partial charge is 0.260 e. The Labute approximate surface area is 175 Å². The summed E-state index contributed by atoms with van der Waals surface area (Å²) in [4.78, 5) is 25.3. The van der Waals surface area contributed by atoms with E-state index in [-0.39, 0.29) is 6.54 Å². The van der Waals surface area contributed by atoms with E-state index in [1.807, 2.05) is 25.1 Å². The molecule has 154 valence electrons. The van der Waals surface area contributed by atoms with Crippen molar-refractivity contribution in [3.05, 3.63) is 40.5 Å². The second-order valence-corrected chi connectivity index (χ2v) is 8.28. The average Bonchev–Trinajstić information content (AvgIpc) is 3.49. The number of hydrogen-bond acceptors (Lipinski definition) is 5. The van der Waals surface area contributed by atoms with Gasteiger partial charge >= 0.3 is 0 Å². The van der Waals surface area contributed by atoms with E-state index in [1.165, 1.54) is 4.90 Å². The first-order chi connectivity index (χ1) is 13.9. The van der Waals surface area contributed by atoms with Gasteiger partial charge in [-0.2, -0.15) is 0 Å². The molecule has 0 unspecified atom stereocenters. The molecular weight excluding hydrogens is 393 g/mol. The van der Waals surface area contributed by atoms with Crippen LogP contribution in [0.4, 0.5) is 10.2 Å². The third-order valence-electron chi connectivity index (χ3n) is 5.51. The zero-order valence-corrected chi connectivity index (χ0v) is 17.5. The lowest BCUT2D eigenvalue weighted by Gasteiger charge is -2.31. The highest BCUT2D eigenvalue weighted by atomic mass is 35.5. The van der Waals surface area contributed by atoms with Gasteiger partial charge in [0.15, 0.2) is 11.5 Å². The van der Waals surface area contributed by atoms with E-state index in [1.54, 1.807) is 13.2 Å². The van der Waals surface area contributed by atoms with Gasteiger partial charge in [-0.1, -0.05) is 23.7 Å². The van der Waals surface area contributed by atoms with Crippen LogP contribution >= 0.6 is 11.6 Å². The summed E-state index contributed by atoms with van der Waals surface area (Å²) >= 11 is 6.28. The van der Waals surface area contributed by atoms with Crippen molar-refractivity contribution in [3.8, 4) is 11.4 Å². The Bertz CT molecular complexity index is 927. The van der Waals surface area contributed by atoms with Gasteiger partial charge in [-0.05, 0) is 31.4 Å². The molecule has 0 atom stereocenters. The lowest BCUT2D eigenvalue weighted by atomic mass is 10.1. The fraction of sp³-hybridized carbons (Fsp3) is 0.476. The molecule has 1 amide bonds. The van der Waals surface area contributed by atoms with Crippen molar-refractivity contribution in [1.29, 1.82) is 0 Å². The van der Waals surface area contributed by atoms with E-state index >= 15 is 0 Å². The number of halogens is 2. The van der Waals surface area contributed by atoms with E-state index in [9.17, 15) is 9.18 Å². The number of anilines is 1. The number of nitrogens with zero attached hydrogens (tertiary/aromatic N) is 4. The van der Waals surface area contributed by atoms with Crippen molar-refractivity contribution in [2.24, 2.45) is 0 Å². The largest absolute Gasteiger partial charge is 0.354 e. The van der Waals surface area contributed by atoms with Gasteiger partial charge in [0.05, 0.1) is 6.54 Å². The van der Waals surface area contributed by atoms with Crippen molar-refractivity contribution >= 4 is 23.3 Å². The summed E-state index contributed by atoms with van der Waals surface area (Å²) in [5.74, 6) is 0.914. The minimum atomic E-state index is -1.68. The molecule has 8 heteroatoms. The molecule has 1 saturated carbocycles. The molecule has 6 nitrogen and oxygen atoms in total. The zero-order valence-electron chi connectivity index (χ0n) is 16.7. The number of amides is 1. The topological polar surface area (TPSA) is 61.4 Å². The fourth-order valence-corrected chi connectivity index (χ4v) is 3.70. The molecule has 1 aromatic heterocycles. The number of aryl methyl sites for hydroxylation is 1. The van der Waals surface area contributed by atoms with E-state index in [0.717, 1.165) is 48.7 Å². The number of aromatic nitrogens is 2. The van der Waals surface area contributed by atoms with Crippen LogP contribution in [0.3, 0.4) is 0 Å². The summed E-state index contributed by atoms with van der Waals surface area (Å²) in [5.41, 5.74) is 0.973. The molecule has 0 spiro atoms. The maximum Gasteiger partial charge on any atom is 0.260 e. The summed E-state index contributed by atoms with van der Waals surface area (Å²) in [6.45, 7) is 5.56. The Kier molecular flexibility index (Phi) is 5.44. The molecule has 1 N–H and O–H groups in total. The van der Waals surface area contributed by atoms with Crippen molar-refractivity contribution in [1.82, 2.24) is 20.2 Å². The van der Waals surface area contributed by atoms with Crippen LogP contribution in [0.1, 0.15) is 24.0 Å². The second kappa shape index (κ2) is 7.88. The predicted molar refractivity (Wildman–Crippen MR) is 112 cm³/mol. The quantitative estimate of drug-likeness (QED) is 0.810. The van der Waals surface area contributed by atoms with Crippen molar-refractivity contribution < 1.29 is 9.18 Å². The molecule has 2 aromatic rings. The lowest BCUT2D eigenvalue weighted by molar-refractivity contribution is -0.137. The van der Waals surface area contributed by atoms with Crippen LogP contribution in [0.15, 0.2) is 24.4 Å². The monoisotopic (exact) mass is 417 g/mol. The van der Waals surface area contributed by atoms with Crippen LogP contribution in [0.5, 0.6) is 0 Å². The summed E-state index contributed by atoms with van der Waals surface area (Å²) in [6.07, 6.45) is 2.37. The van der Waals surface area contributed by atoms with Crippen LogP contribution in [-0.4, -0.2) is 59.7 Å². The highest BCUT2D eigenvalue weighted by Crippen LogP contribution is 2.41. The minimum absolute atomic E-state index is 0.276. The van der Waals surface area contributed by atoms with Crippen LogP contribution in [-0.2, 0) is 11.3 Å². The normalized spacial score (nSPS) is 17.9. The minimum Gasteiger partial charge on any atom is -0.354 e. The summed E-state index contributed by atoms with van der Waals surface area (Å²) in [5, 5.41) is 4.00. The van der Waals surface area contributed by atoms with Crippen molar-refractivity contribution in [2.75, 3.05) is 38.1 Å². The average molecular weight is 418 g/mol. The number of carbonyl (C=O) groups excluding carboxylic acids is 1. The molecule has 1 aliphatic carbocycles. The number of rotatable bonds is 5. The number of carbonyl (C=O) groups is 1. The maximum absolute atomic E-state index is 14.2. The zero-order chi connectivity index (χ0) is 20.6. The van der Waals surface area contributed by atoms with Crippen LogP contribution < -0.4 is 10.2 Å². The van der Waals surface area contributed by atoms with Gasteiger partial charge < -0.3 is 15.1 Å². The Balaban J connectivity index is 1.66. The molecule has 2 heterocycles. The Morgan fingerprint density at radius 3 is 2.72 bits per heavy atom. The van der Waals surface area contributed by atoms with Gasteiger partial charge in [-0.3, -0.25) is 4.79 Å². The first-order valence-corrected chi connectivity index (χ1v) is 10.3. The van der Waals surface area contributed by atoms with Crippen molar-refractivity contribution in [3.63, 3.8) is 0 Å². The summed E-state index contributed by atoms with van der Waals surface area (Å²) < 4.78 is 14.2. The van der Waals surface area contributed by atoms with E-state index in [4.69, 9.17) is 16.6 Å². The number of nitrogens with one attached hydrogen (secondary N) is 1. The number of benzene rings is 1. The summed E-state index contributed by atoms with van der Waals surface area (Å²) in [7, 11) is 1.64. The van der Waals surface area contributed by atoms with E-state index in [2.05, 4.69) is 15.2 Å². The highest BCUT2D eigenvalue weighted by molar-refractivity contribution is 6.31. The third-order valence-corrected chi connectivity index (χ3v) is 5.92. The molecule has 0 radical (unpaired) electrons. The van der Waals surface area contributed by atoms with Crippen LogP contribution in [0, 0.1) is 6.92 Å². The summed E-state index contributed by atoms with van der Waals surface area (Å²) in [6, 6.07) is 5.76. The molecule has 29 heavy (non-hydrogen) atoms. The van der Waals surface area contributed by atoms with Crippen molar-refractivity contribution in [2.45, 2.75) is 32.0 Å². The number of hydrogen-bond donors (Lipinski definition) is 1. The molecular formula is C21H25ClFN5O. The standard InChI is InChI=1S/C21H25ClFN5O/c1-14-3-4-15(11-17(14)22)18-25-12-16(13-27(2)20(29)21(23)5-6-21)19(26-18)28-9-7-24-8-10-28/h3-4,11-12,24H,5-10,13H2,1-2H3. The van der Waals surface area contributed by atoms with Gasteiger partial charge in [0.1, 0.15) is 5.82 Å². The van der Waals surface area contributed by atoms with E-state index < -0.39 is 11.6 Å². The Hall–Kier alpha value is -2.25. The SMILES string of the molecule is Cc1ccc(-c2ncc(CN(C)C(=O)C3(F)CC3)c(N3CCNCC3)n2)cc1Cl. The Morgan fingerprint density at radius 2 is 2.07 bits per heavy atom. The van der Waals surface area contributed by atoms with Gasteiger partial charge in [-0.15, -0.1) is 0 Å². The molecule has 2 fully saturated rings. The second-order valence-electron chi connectivity index (χ2n) is 7.87. The lowest BCUT2D eigenvalue weighted by Crippen LogP contribution is -2.44. The van der Waals surface area contributed by atoms with Crippen LogP contribution in [0.2, 0.25) is 5.02 Å². The predicted octanol–water partition coefficient (Wildman–Crippen LogP) is 2.98. The Morgan fingerprint density at radius 1 is 1.34 bits per heavy atom. The maximum atomic E-state index is 14.2. The van der Waals surface area contributed by atoms with Gasteiger partial charge in [0, 0.05) is 55.6 Å². The van der Waals surface area contributed by atoms with Gasteiger partial charge in [0.25, 0.3) is 5.91 Å². The van der Waals surface area contributed by atoms with E-state index in [0.29, 0.717) is 23.7 Å². The molecule has 2 aliphatic rings. The fourth-order valence-electron chi connectivity index (χ4n) is 3.52. The molecule has 4 rings (SSSR count). The van der Waals surface area contributed by atoms with Gasteiger partial charge in [-0.25, -0.2) is 14.4 Å². The number of piperazine rings is 1. The third kappa shape index (κ3) is 4.21. The molecule has 1 aromatic carbocycles. The first-order valence-electron chi connectivity index (χ1n) is 9.90. The molecule has 0 bridgehead atoms. The molecule has 1 saturated heterocycles. The first kappa shape index (κ1) is 20.0. The molecule has 1 aliphatic heterocycles. The highest BCUT2D eigenvalue weighted by Gasteiger charge is 2.52. The van der Waals surface area contributed by atoms with Gasteiger partial charge in [0.2, 0.25) is 0 Å². The number of alkyl halides is 1. The van der Waals surface area contributed by atoms with Crippen LogP contribution in [0.25, 0.3) is 11.4 Å².